The molecule has 0 unspecified atom stereocenters. The van der Waals surface area contributed by atoms with Crippen LogP contribution in [-0.4, -0.2) is 67.3 Å². The predicted octanol–water partition coefficient (Wildman–Crippen LogP) is 0.105. The molecule has 0 rings (SSSR count). The number of nitrogens with one attached hydrogen (secondary N) is 3. The van der Waals surface area contributed by atoms with E-state index in [2.05, 4.69) is 5.32 Å². The van der Waals surface area contributed by atoms with Crippen LogP contribution in [-0.2, 0) is 30.1 Å². The second-order valence-electron chi connectivity index (χ2n) is 5.00. The molecule has 0 aromatic carbocycles. The quantitative estimate of drug-likeness (QED) is 0.263. The molecule has 21 heteroatoms. The van der Waals surface area contributed by atoms with Gasteiger partial charge in [0.2, 0.25) is 0 Å². The number of hydrogen-bond acceptors (Lipinski definition) is 7. The minimum atomic E-state index is -7.75. The van der Waals surface area contributed by atoms with E-state index in [-0.39, 0.29) is 13.0 Å². The normalized spacial score (nSPS) is 15.5. The molecule has 0 spiro atoms. The minimum absolute atomic E-state index is 0.0613. The molecule has 0 amide bonds. The van der Waals surface area contributed by atoms with Crippen molar-refractivity contribution in [1.82, 2.24) is 14.2 Å². The van der Waals surface area contributed by atoms with E-state index < -0.39 is 62.7 Å². The smallest absolute Gasteiger partial charge is 0.320 e. The van der Waals surface area contributed by atoms with Crippen molar-refractivity contribution in [1.29, 1.82) is 0 Å². The number of rotatable bonds is 11. The van der Waals surface area contributed by atoms with Crippen molar-refractivity contribution in [2.24, 2.45) is 0 Å². The van der Waals surface area contributed by atoms with E-state index in [0.29, 0.717) is 0 Å². The molecule has 0 aromatic rings. The molecular weight excluding hydrogens is 501 g/mol. The Morgan fingerprint density at radius 1 is 0.655 bits per heavy atom. The third-order valence-electron chi connectivity index (χ3n) is 2.83. The average molecular weight is 513 g/mol. The third-order valence-corrected chi connectivity index (χ3v) is 7.64. The number of sulfonamides is 3. The molecule has 9 nitrogen and oxygen atoms in total. The molecule has 0 saturated carbocycles. The van der Waals surface area contributed by atoms with Crippen LogP contribution in [0.5, 0.6) is 0 Å². The standard InChI is InChI=1S/C8H12F9N3O6S3/c1-18-3-2-4-19-27(21,22)6(11,12)5(9,10)7(13,14)28(23,24)20-29(25,26)8(15,16)17/h18-20H,2-4H2,1H3. The van der Waals surface area contributed by atoms with Crippen LogP contribution in [0.2, 0.25) is 0 Å². The van der Waals surface area contributed by atoms with E-state index >= 15 is 0 Å². The molecule has 29 heavy (non-hydrogen) atoms. The van der Waals surface area contributed by atoms with Crippen molar-refractivity contribution in [3.63, 3.8) is 0 Å². The summed E-state index contributed by atoms with van der Waals surface area (Å²) in [5, 5.41) is -11.9. The maximum absolute atomic E-state index is 13.6. The highest BCUT2D eigenvalue weighted by Gasteiger charge is 2.82. The SMILES string of the molecule is CNCCCNS(=O)(=O)C(F)(F)C(F)(F)C(F)(F)S(=O)(=O)NS(=O)(=O)C(F)(F)F. The van der Waals surface area contributed by atoms with Gasteiger partial charge in [0.15, 0.2) is 0 Å². The van der Waals surface area contributed by atoms with Crippen LogP contribution in [0, 0.1) is 0 Å². The van der Waals surface area contributed by atoms with Gasteiger partial charge in [0, 0.05) is 6.54 Å². The van der Waals surface area contributed by atoms with Gasteiger partial charge in [-0.2, -0.15) is 39.5 Å². The molecular formula is C8H12F9N3O6S3. The first-order chi connectivity index (χ1) is 12.5. The van der Waals surface area contributed by atoms with Crippen LogP contribution in [0.1, 0.15) is 6.42 Å². The van der Waals surface area contributed by atoms with E-state index in [1.165, 1.54) is 7.05 Å². The van der Waals surface area contributed by atoms with Crippen molar-refractivity contribution in [3.05, 3.63) is 0 Å². The average Bonchev–Trinajstić information content (AvgIpc) is 2.48. The number of hydrogen-bond donors (Lipinski definition) is 3. The summed E-state index contributed by atoms with van der Waals surface area (Å²) in [4.78, 5) is 0. The molecule has 176 valence electrons. The van der Waals surface area contributed by atoms with Crippen LogP contribution < -0.4 is 14.2 Å². The van der Waals surface area contributed by atoms with Crippen LogP contribution in [0.15, 0.2) is 0 Å². The fourth-order valence-corrected chi connectivity index (χ4v) is 4.86. The molecule has 0 fully saturated rings. The van der Waals surface area contributed by atoms with Gasteiger partial charge < -0.3 is 5.32 Å². The third kappa shape index (κ3) is 5.24. The van der Waals surface area contributed by atoms with Gasteiger partial charge in [-0.05, 0) is 20.0 Å². The van der Waals surface area contributed by atoms with Gasteiger partial charge in [0.25, 0.3) is 20.0 Å². The Morgan fingerprint density at radius 3 is 1.45 bits per heavy atom. The summed E-state index contributed by atoms with van der Waals surface area (Å²) in [6.45, 7) is -1.07. The Hall–Kier alpha value is -0.900. The lowest BCUT2D eigenvalue weighted by Crippen LogP contribution is -2.65. The molecule has 0 aliphatic rings. The summed E-state index contributed by atoms with van der Waals surface area (Å²) in [6.07, 6.45) is -0.322. The van der Waals surface area contributed by atoms with Crippen molar-refractivity contribution in [3.8, 4) is 0 Å². The molecule has 0 aliphatic carbocycles. The zero-order valence-electron chi connectivity index (χ0n) is 13.7. The molecule has 0 heterocycles. The van der Waals surface area contributed by atoms with E-state index in [4.69, 9.17) is 0 Å². The zero-order valence-corrected chi connectivity index (χ0v) is 16.1. The lowest BCUT2D eigenvalue weighted by atomic mass is 10.3. The van der Waals surface area contributed by atoms with E-state index in [0.717, 1.165) is 4.72 Å². The molecule has 0 saturated heterocycles. The molecule has 0 bridgehead atoms. The Balaban J connectivity index is 6.13. The molecule has 0 aromatic heterocycles. The Bertz CT molecular complexity index is 898. The van der Waals surface area contributed by atoms with Gasteiger partial charge >= 0.3 is 32.0 Å². The Kier molecular flexibility index (Phi) is 8.06. The van der Waals surface area contributed by atoms with Crippen LogP contribution in [0.3, 0.4) is 0 Å². The summed E-state index contributed by atoms with van der Waals surface area (Å²) in [5.41, 5.74) is -6.62. The number of alkyl halides is 9. The second-order valence-corrected chi connectivity index (χ2v) is 10.5. The largest absolute Gasteiger partial charge is 0.512 e. The van der Waals surface area contributed by atoms with Gasteiger partial charge in [-0.3, -0.25) is 0 Å². The van der Waals surface area contributed by atoms with Gasteiger partial charge in [-0.15, -0.1) is 0 Å². The van der Waals surface area contributed by atoms with E-state index in [1.54, 1.807) is 0 Å². The predicted molar refractivity (Wildman–Crippen MR) is 77.3 cm³/mol. The summed E-state index contributed by atoms with van der Waals surface area (Å²) >= 11 is 0. The first-order valence-corrected chi connectivity index (χ1v) is 11.1. The summed E-state index contributed by atoms with van der Waals surface area (Å²) in [6, 6.07) is 0. The van der Waals surface area contributed by atoms with Gasteiger partial charge in [0.05, 0.1) is 0 Å². The lowest BCUT2D eigenvalue weighted by Gasteiger charge is -2.31. The van der Waals surface area contributed by atoms with Crippen molar-refractivity contribution >= 4 is 30.1 Å². The van der Waals surface area contributed by atoms with E-state index in [1.807, 2.05) is 0 Å². The van der Waals surface area contributed by atoms with Crippen molar-refractivity contribution < 1.29 is 64.8 Å². The molecule has 0 radical (unpaired) electrons. The van der Waals surface area contributed by atoms with E-state index in [9.17, 15) is 64.8 Å². The lowest BCUT2D eigenvalue weighted by molar-refractivity contribution is -0.244. The first-order valence-electron chi connectivity index (χ1n) is 6.63. The summed E-state index contributed by atoms with van der Waals surface area (Å²) in [5.74, 6) is -7.41. The first kappa shape index (κ1) is 28.1. The zero-order chi connectivity index (χ0) is 23.7. The van der Waals surface area contributed by atoms with Crippen LogP contribution in [0.4, 0.5) is 39.5 Å². The van der Waals surface area contributed by atoms with Gasteiger partial charge in [-0.1, -0.05) is 4.13 Å². The van der Waals surface area contributed by atoms with Crippen molar-refractivity contribution in [2.75, 3.05) is 20.1 Å². The Morgan fingerprint density at radius 2 is 1.07 bits per heavy atom. The minimum Gasteiger partial charge on any atom is -0.320 e. The number of halogens is 9. The van der Waals surface area contributed by atoms with Crippen molar-refractivity contribution in [2.45, 2.75) is 28.4 Å². The summed E-state index contributed by atoms with van der Waals surface area (Å²) in [7, 11) is -20.4. The second kappa shape index (κ2) is 8.32. The van der Waals surface area contributed by atoms with Crippen LogP contribution >= 0.6 is 0 Å². The summed E-state index contributed by atoms with van der Waals surface area (Å²) < 4.78 is 183. The molecule has 0 aliphatic heterocycles. The fourth-order valence-electron chi connectivity index (χ4n) is 1.31. The van der Waals surface area contributed by atoms with Crippen LogP contribution in [0.25, 0.3) is 0 Å². The molecule has 0 atom stereocenters. The highest BCUT2D eigenvalue weighted by Crippen LogP contribution is 2.50. The molecule has 3 N–H and O–H groups in total. The highest BCUT2D eigenvalue weighted by molar-refractivity contribution is 8.05. The topological polar surface area (TPSA) is 139 Å². The monoisotopic (exact) mass is 513 g/mol. The maximum atomic E-state index is 13.6. The fraction of sp³-hybridized carbons (Fsp3) is 1.00. The highest BCUT2D eigenvalue weighted by atomic mass is 32.3. The van der Waals surface area contributed by atoms with Gasteiger partial charge in [-0.25, -0.2) is 30.0 Å². The Labute approximate surface area is 158 Å². The van der Waals surface area contributed by atoms with Gasteiger partial charge in [0.1, 0.15) is 0 Å². The maximum Gasteiger partial charge on any atom is 0.512 e.